The van der Waals surface area contributed by atoms with E-state index in [-0.39, 0.29) is 11.4 Å². The fourth-order valence-electron chi connectivity index (χ4n) is 2.47. The summed E-state index contributed by atoms with van der Waals surface area (Å²) in [5, 5.41) is 9.63. The molecule has 1 N–H and O–H groups in total. The van der Waals surface area contributed by atoms with Gasteiger partial charge >= 0.3 is 0 Å². The number of rotatable bonds is 1. The highest BCUT2D eigenvalue weighted by molar-refractivity contribution is 5.85. The van der Waals surface area contributed by atoms with Gasteiger partial charge in [0.15, 0.2) is 0 Å². The Labute approximate surface area is 84.5 Å². The number of carbonyl (C=O) groups excluding carboxylic acids is 1. The van der Waals surface area contributed by atoms with Crippen LogP contribution in [0, 0.1) is 0 Å². The summed E-state index contributed by atoms with van der Waals surface area (Å²) in [6.45, 7) is 5.83. The van der Waals surface area contributed by atoms with Crippen molar-refractivity contribution in [1.29, 1.82) is 0 Å². The molecule has 2 fully saturated rings. The van der Waals surface area contributed by atoms with Crippen molar-refractivity contribution >= 4 is 5.91 Å². The minimum Gasteiger partial charge on any atom is -0.381 e. The van der Waals surface area contributed by atoms with Crippen LogP contribution in [0.5, 0.6) is 0 Å². The molecule has 2 aliphatic heterocycles. The third-order valence-electron chi connectivity index (χ3n) is 3.27. The molecule has 1 spiro atoms. The van der Waals surface area contributed by atoms with Crippen LogP contribution in [-0.2, 0) is 4.79 Å². The van der Waals surface area contributed by atoms with Crippen LogP contribution in [0.1, 0.15) is 20.3 Å². The Balaban J connectivity index is 2.04. The van der Waals surface area contributed by atoms with Crippen molar-refractivity contribution in [3.05, 3.63) is 0 Å². The third kappa shape index (κ3) is 1.25. The quantitative estimate of drug-likeness (QED) is 0.627. The maximum absolute atomic E-state index is 11.8. The lowest BCUT2D eigenvalue weighted by atomic mass is 9.77. The van der Waals surface area contributed by atoms with Crippen molar-refractivity contribution in [3.63, 3.8) is 0 Å². The number of hydrogen-bond acceptors (Lipinski definition) is 3. The lowest BCUT2D eigenvalue weighted by Crippen LogP contribution is -2.78. The Morgan fingerprint density at radius 2 is 2.00 bits per heavy atom. The van der Waals surface area contributed by atoms with Crippen LogP contribution < -0.4 is 0 Å². The predicted molar refractivity (Wildman–Crippen MR) is 52.9 cm³/mol. The van der Waals surface area contributed by atoms with E-state index in [0.717, 1.165) is 26.1 Å². The fourth-order valence-corrected chi connectivity index (χ4v) is 2.47. The topological polar surface area (TPSA) is 43.8 Å². The maximum atomic E-state index is 11.8. The molecule has 2 aliphatic rings. The minimum atomic E-state index is -1.22. The molecule has 0 aliphatic carbocycles. The van der Waals surface area contributed by atoms with Gasteiger partial charge in [-0.05, 0) is 27.3 Å². The Bertz CT molecular complexity index is 264. The average Bonchev–Trinajstić information content (AvgIpc) is 1.94. The largest absolute Gasteiger partial charge is 0.381 e. The van der Waals surface area contributed by atoms with Crippen molar-refractivity contribution < 1.29 is 9.90 Å². The van der Waals surface area contributed by atoms with Gasteiger partial charge in [0.1, 0.15) is 5.60 Å². The summed E-state index contributed by atoms with van der Waals surface area (Å²) < 4.78 is 0. The molecule has 1 amide bonds. The smallest absolute Gasteiger partial charge is 0.254 e. The summed E-state index contributed by atoms with van der Waals surface area (Å²) in [6.07, 6.45) is 1.08. The molecule has 0 radical (unpaired) electrons. The maximum Gasteiger partial charge on any atom is 0.254 e. The molecule has 4 nitrogen and oxygen atoms in total. The Kier molecular flexibility index (Phi) is 1.92. The second-order valence-corrected chi connectivity index (χ2v) is 5.16. The van der Waals surface area contributed by atoms with Crippen molar-refractivity contribution in [1.82, 2.24) is 9.80 Å². The number of likely N-dealkylation sites (N-methyl/N-ethyl adjacent to an activating group) is 1. The second-order valence-electron chi connectivity index (χ2n) is 5.16. The molecule has 2 rings (SSSR count). The summed E-state index contributed by atoms with van der Waals surface area (Å²) in [5.74, 6) is -0.128. The Morgan fingerprint density at radius 1 is 1.43 bits per heavy atom. The molecule has 0 saturated carbocycles. The minimum absolute atomic E-state index is 0.0613. The van der Waals surface area contributed by atoms with Crippen LogP contribution in [0.4, 0.5) is 0 Å². The van der Waals surface area contributed by atoms with Gasteiger partial charge in [0.05, 0.1) is 5.54 Å². The molecular formula is C10H18N2O2. The zero-order valence-electron chi connectivity index (χ0n) is 9.08. The first-order valence-corrected chi connectivity index (χ1v) is 5.08. The number of nitrogens with zero attached hydrogens (tertiary/aromatic N) is 2. The molecule has 0 atom stereocenters. The van der Waals surface area contributed by atoms with Gasteiger partial charge in [-0.25, -0.2) is 0 Å². The fraction of sp³-hybridized carbons (Fsp3) is 0.900. The monoisotopic (exact) mass is 198 g/mol. The molecule has 2 saturated heterocycles. The van der Waals surface area contributed by atoms with E-state index in [1.54, 1.807) is 13.8 Å². The van der Waals surface area contributed by atoms with Crippen LogP contribution in [0.3, 0.4) is 0 Å². The number of carbonyl (C=O) groups is 1. The van der Waals surface area contributed by atoms with Crippen LogP contribution in [-0.4, -0.2) is 58.6 Å². The molecule has 2 heterocycles. The molecule has 0 bridgehead atoms. The van der Waals surface area contributed by atoms with Gasteiger partial charge in [0, 0.05) is 19.6 Å². The van der Waals surface area contributed by atoms with E-state index in [1.807, 2.05) is 4.90 Å². The first-order valence-electron chi connectivity index (χ1n) is 5.08. The van der Waals surface area contributed by atoms with E-state index >= 15 is 0 Å². The Morgan fingerprint density at radius 3 is 2.29 bits per heavy atom. The van der Waals surface area contributed by atoms with Gasteiger partial charge < -0.3 is 14.9 Å². The van der Waals surface area contributed by atoms with E-state index in [1.165, 1.54) is 0 Å². The van der Waals surface area contributed by atoms with E-state index in [0.29, 0.717) is 0 Å². The first kappa shape index (κ1) is 9.93. The zero-order chi connectivity index (χ0) is 10.6. The van der Waals surface area contributed by atoms with Crippen LogP contribution in [0.2, 0.25) is 0 Å². The SMILES string of the molecule is CN1CC2(CCN2C(=O)C(C)(C)O)C1. The molecule has 0 unspecified atom stereocenters. The van der Waals surface area contributed by atoms with Gasteiger partial charge in [0.25, 0.3) is 5.91 Å². The zero-order valence-corrected chi connectivity index (χ0v) is 9.08. The van der Waals surface area contributed by atoms with Gasteiger partial charge in [-0.2, -0.15) is 0 Å². The highest BCUT2D eigenvalue weighted by atomic mass is 16.3. The molecule has 0 aromatic heterocycles. The van der Waals surface area contributed by atoms with Crippen molar-refractivity contribution in [2.45, 2.75) is 31.4 Å². The van der Waals surface area contributed by atoms with E-state index < -0.39 is 5.60 Å². The molecule has 80 valence electrons. The van der Waals surface area contributed by atoms with Crippen molar-refractivity contribution in [3.8, 4) is 0 Å². The van der Waals surface area contributed by atoms with E-state index in [9.17, 15) is 9.90 Å². The lowest BCUT2D eigenvalue weighted by Gasteiger charge is -2.62. The third-order valence-corrected chi connectivity index (χ3v) is 3.27. The summed E-state index contributed by atoms with van der Waals surface area (Å²) >= 11 is 0. The van der Waals surface area contributed by atoms with Crippen LogP contribution in [0.15, 0.2) is 0 Å². The van der Waals surface area contributed by atoms with Crippen molar-refractivity contribution in [2.75, 3.05) is 26.7 Å². The van der Waals surface area contributed by atoms with Crippen LogP contribution >= 0.6 is 0 Å². The number of likely N-dealkylation sites (tertiary alicyclic amines) is 2. The van der Waals surface area contributed by atoms with E-state index in [2.05, 4.69) is 11.9 Å². The summed E-state index contributed by atoms with van der Waals surface area (Å²) in [6, 6.07) is 0. The first-order chi connectivity index (χ1) is 6.35. The lowest BCUT2D eigenvalue weighted by molar-refractivity contribution is -0.179. The second kappa shape index (κ2) is 2.70. The Hall–Kier alpha value is -0.610. The van der Waals surface area contributed by atoms with Gasteiger partial charge in [-0.15, -0.1) is 0 Å². The average molecular weight is 198 g/mol. The normalized spacial score (nSPS) is 25.9. The predicted octanol–water partition coefficient (Wildman–Crippen LogP) is -0.326. The van der Waals surface area contributed by atoms with Gasteiger partial charge in [-0.3, -0.25) is 4.79 Å². The molecule has 0 aromatic rings. The standard InChI is InChI=1S/C10H18N2O2/c1-9(2,14)8(13)12-5-4-10(12)6-11(3)7-10/h14H,4-7H2,1-3H3. The van der Waals surface area contributed by atoms with Gasteiger partial charge in [-0.1, -0.05) is 0 Å². The summed E-state index contributed by atoms with van der Waals surface area (Å²) in [7, 11) is 2.05. The summed E-state index contributed by atoms with van der Waals surface area (Å²) in [5.41, 5.74) is -1.16. The highest BCUT2D eigenvalue weighted by Crippen LogP contribution is 2.39. The molecular weight excluding hydrogens is 180 g/mol. The number of aliphatic hydroxyl groups is 1. The van der Waals surface area contributed by atoms with Crippen LogP contribution in [0.25, 0.3) is 0 Å². The van der Waals surface area contributed by atoms with Crippen molar-refractivity contribution in [2.24, 2.45) is 0 Å². The molecule has 4 heteroatoms. The van der Waals surface area contributed by atoms with Gasteiger partial charge in [0.2, 0.25) is 0 Å². The number of amides is 1. The number of hydrogen-bond donors (Lipinski definition) is 1. The summed E-state index contributed by atoms with van der Waals surface area (Å²) in [4.78, 5) is 15.9. The molecule has 14 heavy (non-hydrogen) atoms. The molecule has 0 aromatic carbocycles. The van der Waals surface area contributed by atoms with E-state index in [4.69, 9.17) is 0 Å². The highest BCUT2D eigenvalue weighted by Gasteiger charge is 2.55.